The number of fused-ring (bicyclic) bond motifs is 1. The standard InChI is InChI=1S/C8H10N2O/c1-6-3-8-7(9-4-6)5-10(2)11-8/h3-4H,5H2,1-2H3. The van der Waals surface area contributed by atoms with Crippen LogP contribution in [0.5, 0.6) is 5.75 Å². The molecule has 1 aliphatic rings. The molecule has 0 saturated heterocycles. The van der Waals surface area contributed by atoms with E-state index in [-0.39, 0.29) is 0 Å². The van der Waals surface area contributed by atoms with Crippen LogP contribution >= 0.6 is 0 Å². The second-order valence-electron chi connectivity index (χ2n) is 2.83. The normalized spacial score (nSPS) is 16.2. The summed E-state index contributed by atoms with van der Waals surface area (Å²) in [7, 11) is 1.90. The molecule has 0 bridgehead atoms. The van der Waals surface area contributed by atoms with Crippen LogP contribution in [-0.2, 0) is 6.54 Å². The Bertz CT molecular complexity index is 285. The molecule has 3 nitrogen and oxygen atoms in total. The number of pyridine rings is 1. The van der Waals surface area contributed by atoms with Gasteiger partial charge in [-0.1, -0.05) is 0 Å². The van der Waals surface area contributed by atoms with Gasteiger partial charge < -0.3 is 4.84 Å². The molecule has 0 fully saturated rings. The lowest BCUT2D eigenvalue weighted by molar-refractivity contribution is -0.0138. The Morgan fingerprint density at radius 1 is 1.64 bits per heavy atom. The third kappa shape index (κ3) is 1.07. The van der Waals surface area contributed by atoms with Crippen LogP contribution in [0.2, 0.25) is 0 Å². The minimum Gasteiger partial charge on any atom is -0.404 e. The molecule has 58 valence electrons. The topological polar surface area (TPSA) is 25.4 Å². The van der Waals surface area contributed by atoms with Crippen LogP contribution in [0, 0.1) is 6.92 Å². The van der Waals surface area contributed by atoms with Crippen molar-refractivity contribution in [3.05, 3.63) is 23.5 Å². The monoisotopic (exact) mass is 150 g/mol. The summed E-state index contributed by atoms with van der Waals surface area (Å²) in [5, 5.41) is 1.77. The molecule has 2 rings (SSSR count). The zero-order valence-electron chi connectivity index (χ0n) is 6.66. The maximum absolute atomic E-state index is 5.36. The van der Waals surface area contributed by atoms with Gasteiger partial charge in [0.1, 0.15) is 5.69 Å². The highest BCUT2D eigenvalue weighted by atomic mass is 16.7. The lowest BCUT2D eigenvalue weighted by Crippen LogP contribution is -2.13. The first-order valence-electron chi connectivity index (χ1n) is 3.60. The van der Waals surface area contributed by atoms with Gasteiger partial charge in [0.05, 0.1) is 6.54 Å². The van der Waals surface area contributed by atoms with Crippen LogP contribution < -0.4 is 4.84 Å². The molecule has 11 heavy (non-hydrogen) atoms. The average molecular weight is 150 g/mol. The molecule has 0 N–H and O–H groups in total. The van der Waals surface area contributed by atoms with Crippen molar-refractivity contribution in [1.82, 2.24) is 10.0 Å². The van der Waals surface area contributed by atoms with Crippen LogP contribution in [0.4, 0.5) is 0 Å². The average Bonchev–Trinajstić information content (AvgIpc) is 2.27. The van der Waals surface area contributed by atoms with Crippen molar-refractivity contribution in [2.24, 2.45) is 0 Å². The zero-order chi connectivity index (χ0) is 7.84. The fourth-order valence-corrected chi connectivity index (χ4v) is 1.18. The molecule has 3 heteroatoms. The smallest absolute Gasteiger partial charge is 0.170 e. The van der Waals surface area contributed by atoms with E-state index in [1.165, 1.54) is 0 Å². The van der Waals surface area contributed by atoms with E-state index in [1.54, 1.807) is 5.06 Å². The van der Waals surface area contributed by atoms with Crippen molar-refractivity contribution in [1.29, 1.82) is 0 Å². The largest absolute Gasteiger partial charge is 0.404 e. The molecule has 0 aliphatic carbocycles. The Morgan fingerprint density at radius 2 is 2.45 bits per heavy atom. The SMILES string of the molecule is Cc1cnc2c(c1)ON(C)C2. The molecular formula is C8H10N2O. The Labute approximate surface area is 65.6 Å². The van der Waals surface area contributed by atoms with Gasteiger partial charge in [-0.3, -0.25) is 4.98 Å². The summed E-state index contributed by atoms with van der Waals surface area (Å²) in [5.41, 5.74) is 2.16. The van der Waals surface area contributed by atoms with Crippen LogP contribution in [-0.4, -0.2) is 17.1 Å². The van der Waals surface area contributed by atoms with E-state index >= 15 is 0 Å². The van der Waals surface area contributed by atoms with Gasteiger partial charge >= 0.3 is 0 Å². The molecule has 0 spiro atoms. The third-order valence-corrected chi connectivity index (χ3v) is 1.69. The summed E-state index contributed by atoms with van der Waals surface area (Å²) >= 11 is 0. The zero-order valence-corrected chi connectivity index (χ0v) is 6.66. The van der Waals surface area contributed by atoms with E-state index in [4.69, 9.17) is 4.84 Å². The number of hydrogen-bond donors (Lipinski definition) is 0. The molecule has 1 aliphatic heterocycles. The number of aromatic nitrogens is 1. The van der Waals surface area contributed by atoms with Gasteiger partial charge in [0.2, 0.25) is 0 Å². The second-order valence-corrected chi connectivity index (χ2v) is 2.83. The molecule has 0 radical (unpaired) electrons. The minimum absolute atomic E-state index is 0.787. The molecule has 1 aromatic heterocycles. The Hall–Kier alpha value is -1.09. The van der Waals surface area contributed by atoms with Gasteiger partial charge in [-0.05, 0) is 18.6 Å². The van der Waals surface area contributed by atoms with E-state index in [1.807, 2.05) is 26.2 Å². The summed E-state index contributed by atoms with van der Waals surface area (Å²) in [6, 6.07) is 2.01. The first-order valence-corrected chi connectivity index (χ1v) is 3.60. The highest BCUT2D eigenvalue weighted by Gasteiger charge is 2.17. The fraction of sp³-hybridized carbons (Fsp3) is 0.375. The summed E-state index contributed by atoms with van der Waals surface area (Å²) in [6.07, 6.45) is 1.86. The van der Waals surface area contributed by atoms with E-state index in [9.17, 15) is 0 Å². The van der Waals surface area contributed by atoms with Gasteiger partial charge in [-0.2, -0.15) is 0 Å². The first kappa shape index (κ1) is 6.61. The molecule has 0 unspecified atom stereocenters. The van der Waals surface area contributed by atoms with Gasteiger partial charge in [0.25, 0.3) is 0 Å². The van der Waals surface area contributed by atoms with Crippen LogP contribution in [0.15, 0.2) is 12.3 Å². The van der Waals surface area contributed by atoms with Gasteiger partial charge in [0, 0.05) is 13.2 Å². The highest BCUT2D eigenvalue weighted by Crippen LogP contribution is 2.25. The van der Waals surface area contributed by atoms with Crippen molar-refractivity contribution < 1.29 is 4.84 Å². The fourth-order valence-electron chi connectivity index (χ4n) is 1.18. The molecule has 2 heterocycles. The van der Waals surface area contributed by atoms with E-state index in [0.29, 0.717) is 0 Å². The van der Waals surface area contributed by atoms with Crippen molar-refractivity contribution in [2.45, 2.75) is 13.5 Å². The Morgan fingerprint density at radius 3 is 3.27 bits per heavy atom. The highest BCUT2D eigenvalue weighted by molar-refractivity contribution is 5.32. The van der Waals surface area contributed by atoms with Crippen molar-refractivity contribution in [2.75, 3.05) is 7.05 Å². The molecule has 0 aromatic carbocycles. The number of hydroxylamine groups is 2. The van der Waals surface area contributed by atoms with Gasteiger partial charge in [0.15, 0.2) is 5.75 Å². The predicted octanol–water partition coefficient (Wildman–Crippen LogP) is 1.13. The van der Waals surface area contributed by atoms with Crippen LogP contribution in [0.3, 0.4) is 0 Å². The maximum Gasteiger partial charge on any atom is 0.170 e. The van der Waals surface area contributed by atoms with E-state index < -0.39 is 0 Å². The Balaban J connectivity index is 2.43. The molecule has 1 aromatic rings. The number of nitrogens with zero attached hydrogens (tertiary/aromatic N) is 2. The van der Waals surface area contributed by atoms with Crippen molar-refractivity contribution >= 4 is 0 Å². The molecule has 0 amide bonds. The van der Waals surface area contributed by atoms with Crippen molar-refractivity contribution in [3.8, 4) is 5.75 Å². The second kappa shape index (κ2) is 2.20. The summed E-state index contributed by atoms with van der Waals surface area (Å²) in [5.74, 6) is 0.896. The maximum atomic E-state index is 5.36. The van der Waals surface area contributed by atoms with E-state index in [2.05, 4.69) is 4.98 Å². The Kier molecular flexibility index (Phi) is 1.32. The number of aryl methyl sites for hydroxylation is 1. The summed E-state index contributed by atoms with van der Waals surface area (Å²) in [4.78, 5) is 9.60. The molecule has 0 saturated carbocycles. The minimum atomic E-state index is 0.787. The van der Waals surface area contributed by atoms with Gasteiger partial charge in [-0.15, -0.1) is 5.06 Å². The quantitative estimate of drug-likeness (QED) is 0.554. The van der Waals surface area contributed by atoms with Crippen LogP contribution in [0.25, 0.3) is 0 Å². The van der Waals surface area contributed by atoms with Gasteiger partial charge in [-0.25, -0.2) is 0 Å². The van der Waals surface area contributed by atoms with E-state index in [0.717, 1.165) is 23.6 Å². The summed E-state index contributed by atoms with van der Waals surface area (Å²) < 4.78 is 0. The van der Waals surface area contributed by atoms with Crippen molar-refractivity contribution in [3.63, 3.8) is 0 Å². The number of hydrogen-bond acceptors (Lipinski definition) is 3. The molecular weight excluding hydrogens is 140 g/mol. The molecule has 0 atom stereocenters. The third-order valence-electron chi connectivity index (χ3n) is 1.69. The lowest BCUT2D eigenvalue weighted by Gasteiger charge is -2.04. The predicted molar refractivity (Wildman–Crippen MR) is 41.1 cm³/mol. The lowest BCUT2D eigenvalue weighted by atomic mass is 10.2. The van der Waals surface area contributed by atoms with Crippen LogP contribution in [0.1, 0.15) is 11.3 Å². The first-order chi connectivity index (χ1) is 5.25. The number of rotatable bonds is 0. The summed E-state index contributed by atoms with van der Waals surface area (Å²) in [6.45, 7) is 2.80.